The molecule has 1 aromatic heterocycles. The molecule has 2 amide bonds. The number of anilines is 1. The van der Waals surface area contributed by atoms with E-state index in [1.807, 2.05) is 30.3 Å². The lowest BCUT2D eigenvalue weighted by atomic mass is 10.0. The van der Waals surface area contributed by atoms with Crippen molar-refractivity contribution in [1.82, 2.24) is 19.1 Å². The highest BCUT2D eigenvalue weighted by atomic mass is 32.2. The molecule has 0 aliphatic carbocycles. The van der Waals surface area contributed by atoms with Crippen molar-refractivity contribution in [2.45, 2.75) is 37.6 Å². The minimum atomic E-state index is -3.62. The lowest BCUT2D eigenvalue weighted by molar-refractivity contribution is -0.117. The van der Waals surface area contributed by atoms with Gasteiger partial charge in [0.15, 0.2) is 0 Å². The molecule has 10 heteroatoms. The number of para-hydroxylation sites is 1. The number of aryl methyl sites for hydroxylation is 1. The zero-order chi connectivity index (χ0) is 24.0. The normalized spacial score (nSPS) is 15.5. The molecule has 2 N–H and O–H groups in total. The molecule has 0 saturated carbocycles. The van der Waals surface area contributed by atoms with Gasteiger partial charge in [0.05, 0.1) is 6.54 Å². The molecule has 0 bridgehead atoms. The number of benzene rings is 1. The van der Waals surface area contributed by atoms with E-state index in [-0.39, 0.29) is 22.8 Å². The third-order valence-corrected chi connectivity index (χ3v) is 7.92. The maximum absolute atomic E-state index is 12.8. The van der Waals surface area contributed by atoms with Gasteiger partial charge in [0.25, 0.3) is 5.91 Å². The molecule has 1 aliphatic heterocycles. The van der Waals surface area contributed by atoms with Gasteiger partial charge in [0.2, 0.25) is 15.9 Å². The van der Waals surface area contributed by atoms with Gasteiger partial charge in [-0.25, -0.2) is 8.42 Å². The highest BCUT2D eigenvalue weighted by molar-refractivity contribution is 7.89. The predicted molar refractivity (Wildman–Crippen MR) is 128 cm³/mol. The van der Waals surface area contributed by atoms with Crippen molar-refractivity contribution >= 4 is 27.5 Å². The molecule has 3 rings (SSSR count). The zero-order valence-corrected chi connectivity index (χ0v) is 20.3. The van der Waals surface area contributed by atoms with Crippen LogP contribution in [0.5, 0.6) is 0 Å². The van der Waals surface area contributed by atoms with Gasteiger partial charge in [0, 0.05) is 51.2 Å². The number of likely N-dealkylation sites (tertiary alicyclic amines) is 1. The average Bonchev–Trinajstić information content (AvgIpc) is 3.19. The fourth-order valence-electron chi connectivity index (χ4n) is 4.03. The molecule has 0 spiro atoms. The van der Waals surface area contributed by atoms with E-state index in [1.54, 1.807) is 25.5 Å². The number of sulfonamides is 1. The Balaban J connectivity index is 1.52. The molecule has 180 valence electrons. The van der Waals surface area contributed by atoms with Crippen LogP contribution in [-0.4, -0.2) is 72.8 Å². The van der Waals surface area contributed by atoms with Gasteiger partial charge in [-0.15, -0.1) is 0 Å². The maximum atomic E-state index is 12.8. The van der Waals surface area contributed by atoms with Crippen LogP contribution in [0.1, 0.15) is 37.2 Å². The Bertz CT molecular complexity index is 1060. The van der Waals surface area contributed by atoms with Gasteiger partial charge in [0.1, 0.15) is 10.6 Å². The highest BCUT2D eigenvalue weighted by Gasteiger charge is 2.27. The van der Waals surface area contributed by atoms with Crippen molar-refractivity contribution < 1.29 is 18.0 Å². The van der Waals surface area contributed by atoms with E-state index in [0.29, 0.717) is 38.4 Å². The summed E-state index contributed by atoms with van der Waals surface area (Å²) < 4.78 is 28.4. The third-order valence-electron chi connectivity index (χ3n) is 5.90. The first-order valence-electron chi connectivity index (χ1n) is 11.3. The summed E-state index contributed by atoms with van der Waals surface area (Å²) in [6.45, 7) is 6.02. The minimum absolute atomic E-state index is 0.0244. The molecule has 1 aliphatic rings. The summed E-state index contributed by atoms with van der Waals surface area (Å²) in [5, 5.41) is 5.90. The van der Waals surface area contributed by atoms with Crippen molar-refractivity contribution in [2.24, 2.45) is 7.05 Å². The standard InChI is InChI=1S/C23H33N5O4S/c1-4-28(5-2)33(31,32)20-15-21(26(3)16-20)23(30)25-19-11-13-27(14-12-19)17-22(29)24-18-9-7-6-8-10-18/h6-10,15-16,19H,4-5,11-14,17H2,1-3H3,(H,24,29)(H,25,30). The summed E-state index contributed by atoms with van der Waals surface area (Å²) in [4.78, 5) is 27.3. The van der Waals surface area contributed by atoms with E-state index in [1.165, 1.54) is 16.6 Å². The molecule has 1 fully saturated rings. The molecule has 0 radical (unpaired) electrons. The Hall–Kier alpha value is -2.69. The fourth-order valence-corrected chi connectivity index (χ4v) is 5.56. The third kappa shape index (κ3) is 6.21. The number of piperidine rings is 1. The summed E-state index contributed by atoms with van der Waals surface area (Å²) in [6.07, 6.45) is 2.93. The molecule has 33 heavy (non-hydrogen) atoms. The SMILES string of the molecule is CCN(CC)S(=O)(=O)c1cc(C(=O)NC2CCN(CC(=O)Nc3ccccc3)CC2)n(C)c1. The Morgan fingerprint density at radius 3 is 2.33 bits per heavy atom. The van der Waals surface area contributed by atoms with Crippen LogP contribution in [0, 0.1) is 0 Å². The smallest absolute Gasteiger partial charge is 0.268 e. The molecule has 2 heterocycles. The van der Waals surface area contributed by atoms with Crippen LogP contribution in [0.25, 0.3) is 0 Å². The molecule has 0 atom stereocenters. The quantitative estimate of drug-likeness (QED) is 0.577. The van der Waals surface area contributed by atoms with Crippen molar-refractivity contribution in [3.8, 4) is 0 Å². The predicted octanol–water partition coefficient (Wildman–Crippen LogP) is 1.89. The molecule has 9 nitrogen and oxygen atoms in total. The van der Waals surface area contributed by atoms with Gasteiger partial charge >= 0.3 is 0 Å². The first kappa shape index (κ1) is 24.9. The lowest BCUT2D eigenvalue weighted by Gasteiger charge is -2.31. The van der Waals surface area contributed by atoms with Crippen LogP contribution >= 0.6 is 0 Å². The first-order chi connectivity index (χ1) is 15.7. The zero-order valence-electron chi connectivity index (χ0n) is 19.5. The van der Waals surface area contributed by atoms with Crippen LogP contribution in [-0.2, 0) is 21.9 Å². The van der Waals surface area contributed by atoms with Gasteiger partial charge in [-0.2, -0.15) is 4.31 Å². The van der Waals surface area contributed by atoms with E-state index in [9.17, 15) is 18.0 Å². The fraction of sp³-hybridized carbons (Fsp3) is 0.478. The number of hydrogen-bond acceptors (Lipinski definition) is 5. The average molecular weight is 476 g/mol. The second-order valence-corrected chi connectivity index (χ2v) is 10.1. The Labute approximate surface area is 195 Å². The largest absolute Gasteiger partial charge is 0.348 e. The summed E-state index contributed by atoms with van der Waals surface area (Å²) >= 11 is 0. The number of hydrogen-bond donors (Lipinski definition) is 2. The number of carbonyl (C=O) groups is 2. The van der Waals surface area contributed by atoms with E-state index in [0.717, 1.165) is 18.5 Å². The monoisotopic (exact) mass is 475 g/mol. The van der Waals surface area contributed by atoms with Crippen molar-refractivity contribution in [3.05, 3.63) is 48.3 Å². The number of amides is 2. The number of aromatic nitrogens is 1. The Morgan fingerprint density at radius 2 is 1.73 bits per heavy atom. The van der Waals surface area contributed by atoms with Gasteiger partial charge < -0.3 is 15.2 Å². The van der Waals surface area contributed by atoms with Gasteiger partial charge in [-0.05, 0) is 31.0 Å². The van der Waals surface area contributed by atoms with Crippen LogP contribution < -0.4 is 10.6 Å². The van der Waals surface area contributed by atoms with E-state index in [2.05, 4.69) is 15.5 Å². The van der Waals surface area contributed by atoms with Gasteiger partial charge in [-0.1, -0.05) is 32.0 Å². The second kappa shape index (κ2) is 11.0. The highest BCUT2D eigenvalue weighted by Crippen LogP contribution is 2.19. The van der Waals surface area contributed by atoms with Crippen LogP contribution in [0.3, 0.4) is 0 Å². The maximum Gasteiger partial charge on any atom is 0.268 e. The molecular formula is C23H33N5O4S. The Morgan fingerprint density at radius 1 is 1.09 bits per heavy atom. The molecule has 2 aromatic rings. The number of nitrogens with one attached hydrogen (secondary N) is 2. The summed E-state index contributed by atoms with van der Waals surface area (Å²) in [6, 6.07) is 10.8. The number of rotatable bonds is 9. The van der Waals surface area contributed by atoms with Gasteiger partial charge in [-0.3, -0.25) is 14.5 Å². The lowest BCUT2D eigenvalue weighted by Crippen LogP contribution is -2.46. The summed E-state index contributed by atoms with van der Waals surface area (Å²) in [5.74, 6) is -0.354. The topological polar surface area (TPSA) is 104 Å². The van der Waals surface area contributed by atoms with Crippen LogP contribution in [0.4, 0.5) is 5.69 Å². The molecular weight excluding hydrogens is 442 g/mol. The number of nitrogens with zero attached hydrogens (tertiary/aromatic N) is 3. The second-order valence-electron chi connectivity index (χ2n) is 8.20. The Kier molecular flexibility index (Phi) is 8.28. The first-order valence-corrected chi connectivity index (χ1v) is 12.7. The van der Waals surface area contributed by atoms with E-state index < -0.39 is 10.0 Å². The summed E-state index contributed by atoms with van der Waals surface area (Å²) in [5.41, 5.74) is 1.08. The number of carbonyl (C=O) groups excluding carboxylic acids is 2. The van der Waals surface area contributed by atoms with Crippen LogP contribution in [0.15, 0.2) is 47.5 Å². The van der Waals surface area contributed by atoms with E-state index in [4.69, 9.17) is 0 Å². The van der Waals surface area contributed by atoms with Crippen molar-refractivity contribution in [1.29, 1.82) is 0 Å². The molecule has 0 unspecified atom stereocenters. The van der Waals surface area contributed by atoms with Crippen LogP contribution in [0.2, 0.25) is 0 Å². The van der Waals surface area contributed by atoms with E-state index >= 15 is 0 Å². The minimum Gasteiger partial charge on any atom is -0.348 e. The molecule has 1 aromatic carbocycles. The van der Waals surface area contributed by atoms with Crippen molar-refractivity contribution in [2.75, 3.05) is 38.0 Å². The molecule has 1 saturated heterocycles. The van der Waals surface area contributed by atoms with Crippen molar-refractivity contribution in [3.63, 3.8) is 0 Å². The summed E-state index contributed by atoms with van der Waals surface area (Å²) in [7, 11) is -1.95.